The molecule has 0 N–H and O–H groups in total. The Bertz CT molecular complexity index is 1280. The third-order valence-corrected chi connectivity index (χ3v) is 8.86. The van der Waals surface area contributed by atoms with Gasteiger partial charge in [-0.25, -0.2) is 9.59 Å². The van der Waals surface area contributed by atoms with Crippen molar-refractivity contribution in [1.82, 2.24) is 0 Å². The van der Waals surface area contributed by atoms with E-state index in [9.17, 15) is 32.3 Å². The van der Waals surface area contributed by atoms with E-state index in [4.69, 9.17) is 28.4 Å². The summed E-state index contributed by atoms with van der Waals surface area (Å²) in [5, 5.41) is 0. The van der Waals surface area contributed by atoms with Crippen LogP contribution in [0.15, 0.2) is 42.5 Å². The molecule has 0 aromatic heterocycles. The molecule has 1 aromatic rings. The fourth-order valence-corrected chi connectivity index (χ4v) is 6.50. The first-order valence-electron chi connectivity index (χ1n) is 15.9. The molecule has 1 aromatic carbocycles. The topological polar surface area (TPSA) is 124 Å². The van der Waals surface area contributed by atoms with E-state index in [-0.39, 0.29) is 6.42 Å². The summed E-state index contributed by atoms with van der Waals surface area (Å²) in [7, 11) is 0.781. The van der Waals surface area contributed by atoms with Gasteiger partial charge in [0.1, 0.15) is 30.0 Å². The molecule has 3 rings (SSSR count). The number of halogens is 3. The highest BCUT2D eigenvalue weighted by atomic mass is 19.4. The molecule has 47 heavy (non-hydrogen) atoms. The van der Waals surface area contributed by atoms with Crippen molar-refractivity contribution in [2.45, 2.75) is 122 Å². The lowest BCUT2D eigenvalue weighted by Crippen LogP contribution is -2.70. The first-order chi connectivity index (χ1) is 22.0. The smallest absolute Gasteiger partial charge is 0.432 e. The number of hydrogen-bond acceptors (Lipinski definition) is 10. The number of hydrogen-bond donors (Lipinski definition) is 0. The summed E-state index contributed by atoms with van der Waals surface area (Å²) in [6, 6.07) is 6.46. The predicted octanol–water partition coefficient (Wildman–Crippen LogP) is 5.75. The van der Waals surface area contributed by atoms with Gasteiger partial charge in [0, 0.05) is 31.6 Å². The zero-order valence-electron chi connectivity index (χ0n) is 27.8. The van der Waals surface area contributed by atoms with Gasteiger partial charge in [-0.15, -0.1) is 0 Å². The molecule has 2 aliphatic rings. The minimum Gasteiger partial charge on any atom is -0.458 e. The van der Waals surface area contributed by atoms with E-state index in [1.54, 1.807) is 27.7 Å². The molecule has 13 heteroatoms. The van der Waals surface area contributed by atoms with Gasteiger partial charge >= 0.3 is 30.1 Å². The van der Waals surface area contributed by atoms with Gasteiger partial charge in [-0.05, 0) is 39.7 Å². The van der Waals surface area contributed by atoms with E-state index >= 15 is 0 Å². The Balaban J connectivity index is 1.81. The van der Waals surface area contributed by atoms with Crippen molar-refractivity contribution in [3.8, 4) is 0 Å². The van der Waals surface area contributed by atoms with E-state index in [2.05, 4.69) is 0 Å². The van der Waals surface area contributed by atoms with Crippen LogP contribution in [0.4, 0.5) is 13.2 Å². The molecule has 2 saturated heterocycles. The summed E-state index contributed by atoms with van der Waals surface area (Å²) in [6.07, 6.45) is -4.55. The molecular formula is C34H45F3O10. The van der Waals surface area contributed by atoms with Crippen LogP contribution in [0.1, 0.15) is 79.2 Å². The fourth-order valence-electron chi connectivity index (χ4n) is 6.50. The Morgan fingerprint density at radius 2 is 1.70 bits per heavy atom. The van der Waals surface area contributed by atoms with E-state index in [0.717, 1.165) is 44.6 Å². The molecule has 0 bridgehead atoms. The van der Waals surface area contributed by atoms with Crippen LogP contribution in [0.2, 0.25) is 0 Å². The second-order valence-electron chi connectivity index (χ2n) is 12.3. The molecular weight excluding hydrogens is 625 g/mol. The van der Waals surface area contributed by atoms with E-state index < -0.39 is 89.2 Å². The van der Waals surface area contributed by atoms with Crippen LogP contribution in [0.5, 0.6) is 0 Å². The maximum Gasteiger partial charge on any atom is 0.432 e. The van der Waals surface area contributed by atoms with Gasteiger partial charge < -0.3 is 28.4 Å². The number of fused-ring (bicyclic) bond motifs is 1. The molecule has 10 nitrogen and oxygen atoms in total. The zero-order valence-corrected chi connectivity index (χ0v) is 27.8. The Morgan fingerprint density at radius 1 is 1.04 bits per heavy atom. The minimum absolute atomic E-state index is 0.146. The van der Waals surface area contributed by atoms with E-state index in [1.165, 1.54) is 31.2 Å². The number of alkyl halides is 3. The number of ether oxygens (including phenoxy) is 6. The van der Waals surface area contributed by atoms with Gasteiger partial charge in [-0.3, -0.25) is 9.59 Å². The molecule has 0 spiro atoms. The van der Waals surface area contributed by atoms with Gasteiger partial charge in [0.05, 0.1) is 12.0 Å². The second-order valence-corrected chi connectivity index (χ2v) is 12.3. The summed E-state index contributed by atoms with van der Waals surface area (Å²) in [5.41, 5.74) is -5.06. The maximum absolute atomic E-state index is 14.5. The van der Waals surface area contributed by atoms with E-state index in [0.29, 0.717) is 6.42 Å². The average Bonchev–Trinajstić information content (AvgIpc) is 3.00. The van der Waals surface area contributed by atoms with Crippen LogP contribution >= 0.6 is 0 Å². The first kappa shape index (κ1) is 38.0. The monoisotopic (exact) mass is 670 g/mol. The highest BCUT2D eigenvalue weighted by molar-refractivity contribution is 5.84. The molecule has 0 amide bonds. The largest absolute Gasteiger partial charge is 0.458 e. The van der Waals surface area contributed by atoms with Crippen molar-refractivity contribution in [2.75, 3.05) is 7.11 Å². The SMILES string of the molecule is CCCCCC[C@@H](/C=C/C(=O)O[C@@H]1[C@@H](C)[C@@H]2OC(=O)[C@H](C)[C@H](OC(C)=O)[C@@]2(C)O[C@H]1C)OC(=O)[C@@](OC)(c1ccccc1)C(F)(F)F. The number of methoxy groups -OCH3 is 1. The van der Waals surface area contributed by atoms with Crippen LogP contribution in [0.3, 0.4) is 0 Å². The van der Waals surface area contributed by atoms with Crippen molar-refractivity contribution < 1.29 is 60.8 Å². The third kappa shape index (κ3) is 8.17. The van der Waals surface area contributed by atoms with Crippen LogP contribution in [-0.4, -0.2) is 73.3 Å². The summed E-state index contributed by atoms with van der Waals surface area (Å²) in [4.78, 5) is 50.9. The molecule has 2 aliphatic heterocycles. The van der Waals surface area contributed by atoms with Gasteiger partial charge in [0.2, 0.25) is 0 Å². The Labute approximate surface area is 273 Å². The lowest BCUT2D eigenvalue weighted by atomic mass is 9.73. The molecule has 0 unspecified atom stereocenters. The molecule has 2 fully saturated rings. The molecule has 0 saturated carbocycles. The molecule has 2 heterocycles. The van der Waals surface area contributed by atoms with Crippen molar-refractivity contribution >= 4 is 23.9 Å². The maximum atomic E-state index is 14.5. The van der Waals surface area contributed by atoms with Gasteiger partial charge in [0.25, 0.3) is 5.60 Å². The van der Waals surface area contributed by atoms with Crippen LogP contribution in [-0.2, 0) is 53.2 Å². The van der Waals surface area contributed by atoms with Crippen LogP contribution < -0.4 is 0 Å². The third-order valence-electron chi connectivity index (χ3n) is 8.86. The fraction of sp³-hybridized carbons (Fsp3) is 0.647. The highest BCUT2D eigenvalue weighted by Crippen LogP contribution is 2.46. The van der Waals surface area contributed by atoms with Crippen LogP contribution in [0, 0.1) is 11.8 Å². The van der Waals surface area contributed by atoms with Crippen molar-refractivity contribution in [3.63, 3.8) is 0 Å². The van der Waals surface area contributed by atoms with Gasteiger partial charge in [-0.1, -0.05) is 63.4 Å². The number of benzene rings is 1. The average molecular weight is 671 g/mol. The number of unbranched alkanes of at least 4 members (excludes halogenated alkanes) is 3. The minimum atomic E-state index is -5.16. The Hall–Kier alpha value is -3.45. The summed E-state index contributed by atoms with van der Waals surface area (Å²) in [5.74, 6) is -5.13. The Morgan fingerprint density at radius 3 is 2.28 bits per heavy atom. The van der Waals surface area contributed by atoms with Gasteiger partial charge in [-0.2, -0.15) is 13.2 Å². The summed E-state index contributed by atoms with van der Waals surface area (Å²) in [6.45, 7) is 9.84. The number of esters is 4. The number of carbonyl (C=O) groups excluding carboxylic acids is 4. The molecule has 9 atom stereocenters. The lowest BCUT2D eigenvalue weighted by molar-refractivity contribution is -0.300. The first-order valence-corrected chi connectivity index (χ1v) is 15.9. The molecule has 0 aliphatic carbocycles. The normalized spacial score (nSPS) is 29.6. The number of rotatable bonds is 13. The highest BCUT2D eigenvalue weighted by Gasteiger charge is 2.65. The second kappa shape index (κ2) is 15.6. The van der Waals surface area contributed by atoms with E-state index in [1.807, 2.05) is 6.92 Å². The zero-order chi connectivity index (χ0) is 35.2. The van der Waals surface area contributed by atoms with Crippen LogP contribution in [0.25, 0.3) is 0 Å². The number of carbonyl (C=O) groups is 4. The summed E-state index contributed by atoms with van der Waals surface area (Å²) >= 11 is 0. The predicted molar refractivity (Wildman–Crippen MR) is 162 cm³/mol. The molecule has 0 radical (unpaired) electrons. The summed E-state index contributed by atoms with van der Waals surface area (Å²) < 4.78 is 76.7. The lowest BCUT2D eigenvalue weighted by Gasteiger charge is -2.55. The van der Waals surface area contributed by atoms with Crippen molar-refractivity contribution in [3.05, 3.63) is 48.0 Å². The van der Waals surface area contributed by atoms with Gasteiger partial charge in [0.15, 0.2) is 0 Å². The van der Waals surface area contributed by atoms with Crippen molar-refractivity contribution in [2.24, 2.45) is 11.8 Å². The molecule has 262 valence electrons. The Kier molecular flexibility index (Phi) is 12.6. The quantitative estimate of drug-likeness (QED) is 0.111. The standard InChI is InChI=1S/C34H45F3O10/c1-8-9-10-14-17-25(44-31(41)33(42-7,34(35,36)37)24-15-12-11-13-16-24)18-19-26(39)45-27-20(2)28-32(6,47-22(27)4)29(43-23(5)38)21(3)30(40)46-28/h11-13,15-16,18-22,25,27-29H,8-10,14,17H2,1-7H3/b19-18+/t20-,21-,22+,25+,27-,28+,29+,32+,33+/m1/s1. The van der Waals surface area contributed by atoms with Crippen molar-refractivity contribution in [1.29, 1.82) is 0 Å².